The van der Waals surface area contributed by atoms with Gasteiger partial charge in [-0.25, -0.2) is 59.8 Å². The van der Waals surface area contributed by atoms with Crippen molar-refractivity contribution in [1.82, 2.24) is 69.8 Å². The maximum atomic E-state index is 5.08. The fourth-order valence-corrected chi connectivity index (χ4v) is 9.01. The molecule has 0 bridgehead atoms. The van der Waals surface area contributed by atoms with E-state index in [0.717, 1.165) is 61.7 Å². The van der Waals surface area contributed by atoms with E-state index in [1.165, 1.54) is 35.3 Å². The Labute approximate surface area is 296 Å². The second-order valence-electron chi connectivity index (χ2n) is 11.3. The van der Waals surface area contributed by atoms with Crippen molar-refractivity contribution in [2.24, 2.45) is 0 Å². The second-order valence-corrected chi connectivity index (χ2v) is 14.3. The highest BCUT2D eigenvalue weighted by Gasteiger charge is 2.20. The molecule has 11 aromatic heterocycles. The lowest BCUT2D eigenvalue weighted by Crippen LogP contribution is -1.91. The van der Waals surface area contributed by atoms with Crippen LogP contribution in [0.25, 0.3) is 107 Å². The van der Waals surface area contributed by atoms with Gasteiger partial charge in [0, 0.05) is 92.0 Å². The third-order valence-corrected chi connectivity index (χ3v) is 11.6. The van der Waals surface area contributed by atoms with Crippen LogP contribution in [0.2, 0.25) is 0 Å². The maximum absolute atomic E-state index is 5.08. The van der Waals surface area contributed by atoms with Gasteiger partial charge < -0.3 is 0 Å². The van der Waals surface area contributed by atoms with Crippen LogP contribution < -0.4 is 0 Å². The van der Waals surface area contributed by atoms with Crippen molar-refractivity contribution in [3.8, 4) is 45.0 Å². The van der Waals surface area contributed by atoms with Crippen molar-refractivity contribution in [2.75, 3.05) is 0 Å². The number of fused-ring (bicyclic) bond motifs is 9. The molecular weight excluding hydrogens is 701 g/mol. The van der Waals surface area contributed by atoms with E-state index in [2.05, 4.69) is 39.9 Å². The normalized spacial score (nSPS) is 11.9. The molecule has 14 nitrogen and oxygen atoms in total. The van der Waals surface area contributed by atoms with Gasteiger partial charge in [-0.2, -0.15) is 0 Å². The zero-order chi connectivity index (χ0) is 33.5. The molecule has 0 aliphatic heterocycles. The minimum Gasteiger partial charge on any atom is -0.263 e. The Morgan fingerprint density at radius 2 is 0.706 bits per heavy atom. The second kappa shape index (κ2) is 11.0. The minimum absolute atomic E-state index is 0.665. The Bertz CT molecular complexity index is 2950. The molecule has 0 atom stereocenters. The predicted molar refractivity (Wildman–Crippen MR) is 196 cm³/mol. The summed E-state index contributed by atoms with van der Waals surface area (Å²) in [5.74, 6) is 0. The van der Waals surface area contributed by atoms with Gasteiger partial charge in [-0.1, -0.05) is 22.7 Å². The topological polar surface area (TPSA) is 180 Å². The number of hydrogen-bond donors (Lipinski definition) is 0. The number of aromatic nitrogens is 14. The molecule has 0 aliphatic carbocycles. The van der Waals surface area contributed by atoms with Gasteiger partial charge in [-0.3, -0.25) is 9.97 Å². The highest BCUT2D eigenvalue weighted by atomic mass is 32.1. The van der Waals surface area contributed by atoms with E-state index in [0.29, 0.717) is 44.8 Å². The van der Waals surface area contributed by atoms with Crippen LogP contribution in [0, 0.1) is 0 Å². The van der Waals surface area contributed by atoms with E-state index >= 15 is 0 Å². The fourth-order valence-electron chi connectivity index (χ4n) is 5.98. The summed E-state index contributed by atoms with van der Waals surface area (Å²) in [7, 11) is 0. The molecule has 0 aromatic carbocycles. The van der Waals surface area contributed by atoms with Gasteiger partial charge in [-0.15, -0.1) is 11.3 Å². The summed E-state index contributed by atoms with van der Waals surface area (Å²) in [6.07, 6.45) is 24.2. The number of thiophene rings is 3. The fraction of sp³-hybridized carbons (Fsp3) is 0. The van der Waals surface area contributed by atoms with E-state index < -0.39 is 0 Å². The first kappa shape index (κ1) is 28.3. The Balaban J connectivity index is 1.06. The molecule has 0 N–H and O–H groups in total. The van der Waals surface area contributed by atoms with Gasteiger partial charge in [0.2, 0.25) is 0 Å². The van der Waals surface area contributed by atoms with Crippen molar-refractivity contribution in [3.05, 3.63) is 87.0 Å². The average molecular weight is 715 g/mol. The SMILES string of the molecule is c1ncc(-c2cnc3sc4ncc(-c5cncc6c5sc5c(-c7cnc8sc9ncc(-c%10cncnc%10)nc9c8n7)cncc56)nc4c3n2)cn1. The quantitative estimate of drug-likeness (QED) is 0.182. The largest absolute Gasteiger partial charge is 0.263 e. The molecule has 0 radical (unpaired) electrons. The van der Waals surface area contributed by atoms with Crippen LogP contribution in [0.15, 0.2) is 87.0 Å². The Morgan fingerprint density at radius 1 is 0.333 bits per heavy atom. The van der Waals surface area contributed by atoms with Crippen LogP contribution in [0.5, 0.6) is 0 Å². The van der Waals surface area contributed by atoms with E-state index in [-0.39, 0.29) is 0 Å². The predicted octanol–water partition coefficient (Wildman–Crippen LogP) is 6.99. The Morgan fingerprint density at radius 3 is 1.12 bits per heavy atom. The van der Waals surface area contributed by atoms with Crippen molar-refractivity contribution in [3.63, 3.8) is 0 Å². The lowest BCUT2D eigenvalue weighted by atomic mass is 10.1. The minimum atomic E-state index is 0.665. The summed E-state index contributed by atoms with van der Waals surface area (Å²) in [6.45, 7) is 0. The molecule has 0 spiro atoms. The summed E-state index contributed by atoms with van der Waals surface area (Å²) in [5.41, 5.74) is 8.66. The smallest absolute Gasteiger partial charge is 0.146 e. The summed E-state index contributed by atoms with van der Waals surface area (Å²) in [5, 5.41) is 1.92. The highest BCUT2D eigenvalue weighted by molar-refractivity contribution is 7.27. The number of hydrogen-bond acceptors (Lipinski definition) is 17. The van der Waals surface area contributed by atoms with E-state index in [4.69, 9.17) is 29.9 Å². The molecule has 0 saturated heterocycles. The van der Waals surface area contributed by atoms with Crippen molar-refractivity contribution in [2.45, 2.75) is 0 Å². The van der Waals surface area contributed by atoms with Crippen molar-refractivity contribution >= 4 is 95.6 Å². The summed E-state index contributed by atoms with van der Waals surface area (Å²) in [6, 6.07) is 0. The molecule has 238 valence electrons. The standard InChI is InChI=1S/C34H14N14S3/c1-15(2-38-13-37-1)21-9-41-31-25(45-21)27-33(50-31)43-11-23(47-27)19-7-35-5-17-18-6-36-8-20(30(18)49-29(17)19)24-12-44-34-28(48-24)26-32(51-34)42-10-22(46-26)16-3-39-14-40-4-16/h1-14H. The highest BCUT2D eigenvalue weighted by Crippen LogP contribution is 2.43. The van der Waals surface area contributed by atoms with Crippen molar-refractivity contribution in [1.29, 1.82) is 0 Å². The number of pyridine rings is 2. The number of nitrogens with zero attached hydrogens (tertiary/aromatic N) is 14. The molecular formula is C34H14N14S3. The Hall–Kier alpha value is -6.56. The van der Waals surface area contributed by atoms with Gasteiger partial charge in [0.15, 0.2) is 0 Å². The maximum Gasteiger partial charge on any atom is 0.146 e. The molecule has 17 heteroatoms. The molecule has 0 amide bonds. The van der Waals surface area contributed by atoms with E-state index in [1.54, 1.807) is 60.9 Å². The average Bonchev–Trinajstić information content (AvgIpc) is 3.88. The first-order chi connectivity index (χ1) is 25.2. The van der Waals surface area contributed by atoms with E-state index in [9.17, 15) is 0 Å². The molecule has 0 saturated carbocycles. The van der Waals surface area contributed by atoms with Crippen LogP contribution in [-0.2, 0) is 0 Å². The zero-order valence-corrected chi connectivity index (χ0v) is 28.0. The van der Waals surface area contributed by atoms with Gasteiger partial charge >= 0.3 is 0 Å². The lowest BCUT2D eigenvalue weighted by Gasteiger charge is -2.02. The van der Waals surface area contributed by atoms with Crippen LogP contribution in [-0.4, -0.2) is 69.8 Å². The third kappa shape index (κ3) is 4.45. The summed E-state index contributed by atoms with van der Waals surface area (Å²) in [4.78, 5) is 67.5. The molecule has 11 heterocycles. The van der Waals surface area contributed by atoms with Gasteiger partial charge in [0.1, 0.15) is 54.0 Å². The van der Waals surface area contributed by atoms with Crippen molar-refractivity contribution < 1.29 is 0 Å². The van der Waals surface area contributed by atoms with Crippen LogP contribution in [0.4, 0.5) is 0 Å². The molecule has 11 aromatic rings. The molecule has 51 heavy (non-hydrogen) atoms. The van der Waals surface area contributed by atoms with Crippen LogP contribution >= 0.6 is 34.0 Å². The van der Waals surface area contributed by atoms with Crippen LogP contribution in [0.3, 0.4) is 0 Å². The van der Waals surface area contributed by atoms with Gasteiger partial charge in [-0.05, 0) is 0 Å². The molecule has 0 aliphatic rings. The van der Waals surface area contributed by atoms with Gasteiger partial charge in [0.05, 0.1) is 47.6 Å². The first-order valence-corrected chi connectivity index (χ1v) is 17.7. The summed E-state index contributed by atoms with van der Waals surface area (Å²) >= 11 is 4.54. The number of rotatable bonds is 4. The zero-order valence-electron chi connectivity index (χ0n) is 25.6. The molecule has 0 fully saturated rings. The monoisotopic (exact) mass is 714 g/mol. The van der Waals surface area contributed by atoms with Crippen LogP contribution in [0.1, 0.15) is 0 Å². The lowest BCUT2D eigenvalue weighted by molar-refractivity contribution is 1.16. The Kier molecular flexibility index (Phi) is 6.09. The first-order valence-electron chi connectivity index (χ1n) is 15.3. The summed E-state index contributed by atoms with van der Waals surface area (Å²) < 4.78 is 2.01. The molecule has 0 unspecified atom stereocenters. The van der Waals surface area contributed by atoms with Gasteiger partial charge in [0.25, 0.3) is 0 Å². The molecule has 11 rings (SSSR count). The van der Waals surface area contributed by atoms with E-state index in [1.807, 2.05) is 24.8 Å². The third-order valence-electron chi connectivity index (χ3n) is 8.34.